The first kappa shape index (κ1) is 14.1. The van der Waals surface area contributed by atoms with Crippen molar-refractivity contribution in [3.05, 3.63) is 35.9 Å². The molecule has 0 aliphatic heterocycles. The average molecular weight is 271 g/mol. The van der Waals surface area contributed by atoms with E-state index in [0.29, 0.717) is 5.82 Å². The first-order valence-corrected chi connectivity index (χ1v) is 6.95. The summed E-state index contributed by atoms with van der Waals surface area (Å²) in [5.74, 6) is 1.71. The van der Waals surface area contributed by atoms with Crippen LogP contribution in [0.1, 0.15) is 25.8 Å². The molecule has 20 heavy (non-hydrogen) atoms. The van der Waals surface area contributed by atoms with Crippen molar-refractivity contribution < 1.29 is 0 Å². The van der Waals surface area contributed by atoms with Crippen molar-refractivity contribution in [2.24, 2.45) is 0 Å². The molecule has 2 rings (SSSR count). The lowest BCUT2D eigenvalue weighted by Gasteiger charge is -2.10. The topological polar surface area (TPSA) is 75.9 Å². The van der Waals surface area contributed by atoms with Crippen LogP contribution in [0.15, 0.2) is 30.3 Å². The molecule has 0 saturated carbocycles. The SMILES string of the molecule is CCCNc1cc(Nc2cccc(CC)c2)nc(N)n1. The Morgan fingerprint density at radius 1 is 1.10 bits per heavy atom. The molecule has 0 aliphatic rings. The Balaban J connectivity index is 2.17. The summed E-state index contributed by atoms with van der Waals surface area (Å²) in [6.45, 7) is 5.10. The molecule has 0 bridgehead atoms. The number of aromatic nitrogens is 2. The van der Waals surface area contributed by atoms with E-state index in [1.54, 1.807) is 0 Å². The van der Waals surface area contributed by atoms with Gasteiger partial charge in [-0.25, -0.2) is 0 Å². The number of nitrogens with two attached hydrogens (primary N) is 1. The zero-order valence-electron chi connectivity index (χ0n) is 12.0. The number of nitrogen functional groups attached to an aromatic ring is 1. The number of rotatable bonds is 6. The van der Waals surface area contributed by atoms with E-state index in [1.807, 2.05) is 18.2 Å². The number of nitrogens with one attached hydrogen (secondary N) is 2. The molecule has 1 aromatic carbocycles. The highest BCUT2D eigenvalue weighted by atomic mass is 15.1. The van der Waals surface area contributed by atoms with E-state index in [4.69, 9.17) is 5.73 Å². The van der Waals surface area contributed by atoms with Gasteiger partial charge in [-0.3, -0.25) is 0 Å². The second-order valence-electron chi connectivity index (χ2n) is 4.60. The molecule has 0 atom stereocenters. The van der Waals surface area contributed by atoms with E-state index < -0.39 is 0 Å². The molecule has 1 aromatic heterocycles. The summed E-state index contributed by atoms with van der Waals surface area (Å²) in [6.07, 6.45) is 2.04. The molecule has 0 fully saturated rings. The lowest BCUT2D eigenvalue weighted by atomic mass is 10.1. The zero-order chi connectivity index (χ0) is 14.4. The Morgan fingerprint density at radius 3 is 2.65 bits per heavy atom. The molecule has 1 heterocycles. The molecule has 0 unspecified atom stereocenters. The molecule has 0 aliphatic carbocycles. The van der Waals surface area contributed by atoms with Gasteiger partial charge in [0.15, 0.2) is 0 Å². The van der Waals surface area contributed by atoms with Gasteiger partial charge in [0.05, 0.1) is 0 Å². The summed E-state index contributed by atoms with van der Waals surface area (Å²) in [4.78, 5) is 8.37. The third-order valence-electron chi connectivity index (χ3n) is 2.91. The summed E-state index contributed by atoms with van der Waals surface area (Å²) < 4.78 is 0. The van der Waals surface area contributed by atoms with Gasteiger partial charge in [-0.2, -0.15) is 9.97 Å². The second kappa shape index (κ2) is 6.75. The van der Waals surface area contributed by atoms with Crippen molar-refractivity contribution in [1.29, 1.82) is 0 Å². The maximum absolute atomic E-state index is 5.74. The Labute approximate surface area is 119 Å². The van der Waals surface area contributed by atoms with Gasteiger partial charge < -0.3 is 16.4 Å². The monoisotopic (exact) mass is 271 g/mol. The fourth-order valence-corrected chi connectivity index (χ4v) is 1.89. The predicted octanol–water partition coefficient (Wildman–Crippen LogP) is 3.19. The first-order valence-electron chi connectivity index (χ1n) is 6.95. The van der Waals surface area contributed by atoms with Crippen molar-refractivity contribution in [1.82, 2.24) is 9.97 Å². The number of nitrogens with zero attached hydrogens (tertiary/aromatic N) is 2. The molecule has 4 N–H and O–H groups in total. The van der Waals surface area contributed by atoms with Gasteiger partial charge in [-0.1, -0.05) is 26.0 Å². The molecule has 106 valence electrons. The largest absolute Gasteiger partial charge is 0.370 e. The second-order valence-corrected chi connectivity index (χ2v) is 4.60. The lowest BCUT2D eigenvalue weighted by molar-refractivity contribution is 0.967. The van der Waals surface area contributed by atoms with Crippen molar-refractivity contribution in [3.63, 3.8) is 0 Å². The van der Waals surface area contributed by atoms with E-state index in [-0.39, 0.29) is 5.95 Å². The summed E-state index contributed by atoms with van der Waals surface area (Å²) in [7, 11) is 0. The average Bonchev–Trinajstić information content (AvgIpc) is 2.44. The highest BCUT2D eigenvalue weighted by Gasteiger charge is 2.03. The number of hydrogen-bond acceptors (Lipinski definition) is 5. The van der Waals surface area contributed by atoms with Crippen molar-refractivity contribution in [2.75, 3.05) is 22.9 Å². The standard InChI is InChI=1S/C15H21N5/c1-3-8-17-13-10-14(20-15(16)19-13)18-12-7-5-6-11(4-2)9-12/h5-7,9-10H,3-4,8H2,1-2H3,(H4,16,17,18,19,20). The third kappa shape index (κ3) is 3.85. The minimum Gasteiger partial charge on any atom is -0.370 e. The van der Waals surface area contributed by atoms with Gasteiger partial charge in [0, 0.05) is 18.3 Å². The fraction of sp³-hybridized carbons (Fsp3) is 0.333. The van der Waals surface area contributed by atoms with E-state index in [1.165, 1.54) is 5.56 Å². The van der Waals surface area contributed by atoms with Crippen molar-refractivity contribution in [3.8, 4) is 0 Å². The number of anilines is 4. The molecule has 0 amide bonds. The molecule has 0 radical (unpaired) electrons. The van der Waals surface area contributed by atoms with Gasteiger partial charge >= 0.3 is 0 Å². The van der Waals surface area contributed by atoms with Gasteiger partial charge in [0.2, 0.25) is 5.95 Å². The minimum absolute atomic E-state index is 0.264. The van der Waals surface area contributed by atoms with Crippen LogP contribution in [0, 0.1) is 0 Å². The van der Waals surface area contributed by atoms with Crippen LogP contribution in [0.3, 0.4) is 0 Å². The van der Waals surface area contributed by atoms with Gasteiger partial charge in [-0.15, -0.1) is 0 Å². The molecule has 0 saturated heterocycles. The van der Waals surface area contributed by atoms with Crippen LogP contribution >= 0.6 is 0 Å². The Morgan fingerprint density at radius 2 is 1.90 bits per heavy atom. The quantitative estimate of drug-likeness (QED) is 0.752. The van der Waals surface area contributed by atoms with Crippen LogP contribution in [-0.4, -0.2) is 16.5 Å². The zero-order valence-corrected chi connectivity index (χ0v) is 12.0. The van der Waals surface area contributed by atoms with E-state index >= 15 is 0 Å². The van der Waals surface area contributed by atoms with Crippen molar-refractivity contribution >= 4 is 23.3 Å². The molecule has 0 spiro atoms. The van der Waals surface area contributed by atoms with Crippen molar-refractivity contribution in [2.45, 2.75) is 26.7 Å². The van der Waals surface area contributed by atoms with E-state index in [2.05, 4.69) is 46.6 Å². The highest BCUT2D eigenvalue weighted by molar-refractivity contribution is 5.61. The van der Waals surface area contributed by atoms with Gasteiger partial charge in [0.25, 0.3) is 0 Å². The van der Waals surface area contributed by atoms with Gasteiger partial charge in [0.1, 0.15) is 11.6 Å². The van der Waals surface area contributed by atoms with E-state index in [0.717, 1.165) is 30.9 Å². The fourth-order valence-electron chi connectivity index (χ4n) is 1.89. The van der Waals surface area contributed by atoms with Crippen LogP contribution < -0.4 is 16.4 Å². The smallest absolute Gasteiger partial charge is 0.223 e. The molecular weight excluding hydrogens is 250 g/mol. The minimum atomic E-state index is 0.264. The Bertz CT molecular complexity index is 568. The van der Waals surface area contributed by atoms with Crippen LogP contribution in [0.4, 0.5) is 23.3 Å². The highest BCUT2D eigenvalue weighted by Crippen LogP contribution is 2.19. The Hall–Kier alpha value is -2.30. The molecular formula is C15H21N5. The number of hydrogen-bond donors (Lipinski definition) is 3. The normalized spacial score (nSPS) is 10.3. The molecule has 5 heteroatoms. The summed E-state index contributed by atoms with van der Waals surface area (Å²) in [5, 5.41) is 6.48. The first-order chi connectivity index (χ1) is 9.71. The number of aryl methyl sites for hydroxylation is 1. The number of benzene rings is 1. The lowest BCUT2D eigenvalue weighted by Crippen LogP contribution is -2.06. The van der Waals surface area contributed by atoms with E-state index in [9.17, 15) is 0 Å². The van der Waals surface area contributed by atoms with Crippen LogP contribution in [0.5, 0.6) is 0 Å². The van der Waals surface area contributed by atoms with Crippen LogP contribution in [0.2, 0.25) is 0 Å². The van der Waals surface area contributed by atoms with Crippen LogP contribution in [0.25, 0.3) is 0 Å². The predicted molar refractivity (Wildman–Crippen MR) is 84.3 cm³/mol. The Kier molecular flexibility index (Phi) is 4.76. The third-order valence-corrected chi connectivity index (χ3v) is 2.91. The van der Waals surface area contributed by atoms with Crippen LogP contribution in [-0.2, 0) is 6.42 Å². The molecule has 5 nitrogen and oxygen atoms in total. The summed E-state index contributed by atoms with van der Waals surface area (Å²) in [5.41, 5.74) is 8.02. The maximum Gasteiger partial charge on any atom is 0.223 e. The maximum atomic E-state index is 5.74. The summed E-state index contributed by atoms with van der Waals surface area (Å²) in [6, 6.07) is 10.1. The summed E-state index contributed by atoms with van der Waals surface area (Å²) >= 11 is 0. The molecule has 2 aromatic rings. The van der Waals surface area contributed by atoms with Gasteiger partial charge in [-0.05, 0) is 30.5 Å².